The van der Waals surface area contributed by atoms with Gasteiger partial charge in [0, 0.05) is 25.9 Å². The minimum atomic E-state index is -1.12. The predicted octanol–water partition coefficient (Wildman–Crippen LogP) is -1.34. The smallest absolute Gasteiger partial charge is 0.326 e. The molecular weight excluding hydrogens is 240 g/mol. The number of β-amino-alcohol motifs (C(OH)–C–C–N with tert-alkyl or cyclic N) is 1. The lowest BCUT2D eigenvalue weighted by atomic mass is 10.2. The third-order valence-corrected chi connectivity index (χ3v) is 3.38. The van der Waals surface area contributed by atoms with Crippen LogP contribution < -0.4 is 0 Å². The Balaban J connectivity index is 1.99. The zero-order chi connectivity index (χ0) is 13.3. The summed E-state index contributed by atoms with van der Waals surface area (Å²) in [6.45, 7) is 0.478. The summed E-state index contributed by atoms with van der Waals surface area (Å²) in [4.78, 5) is 36.9. The number of carbonyl (C=O) groups is 3. The van der Waals surface area contributed by atoms with Crippen molar-refractivity contribution in [2.45, 2.75) is 31.4 Å². The molecule has 0 radical (unpaired) electrons. The SMILES string of the molecule is O=C(O)[C@H]1C[C@@H](O)CN1C(=O)CN1CCCC1=O. The van der Waals surface area contributed by atoms with Crippen molar-refractivity contribution in [1.29, 1.82) is 0 Å². The van der Waals surface area contributed by atoms with Gasteiger partial charge in [-0.15, -0.1) is 0 Å². The number of carbonyl (C=O) groups excluding carboxylic acids is 2. The van der Waals surface area contributed by atoms with Crippen LogP contribution in [-0.4, -0.2) is 69.6 Å². The Bertz CT molecular complexity index is 384. The summed E-state index contributed by atoms with van der Waals surface area (Å²) in [7, 11) is 0. The lowest BCUT2D eigenvalue weighted by Crippen LogP contribution is -2.46. The van der Waals surface area contributed by atoms with Crippen LogP contribution in [0.2, 0.25) is 0 Å². The maximum Gasteiger partial charge on any atom is 0.326 e. The normalized spacial score (nSPS) is 27.9. The van der Waals surface area contributed by atoms with E-state index >= 15 is 0 Å². The fourth-order valence-corrected chi connectivity index (χ4v) is 2.45. The molecule has 100 valence electrons. The number of aliphatic hydroxyl groups is 1. The standard InChI is InChI=1S/C11H16N2O5/c14-7-4-8(11(17)18)13(5-7)10(16)6-12-3-1-2-9(12)15/h7-8,14H,1-6H2,(H,17,18)/t7-,8-/m1/s1. The number of rotatable bonds is 3. The molecule has 7 heteroatoms. The number of aliphatic hydroxyl groups excluding tert-OH is 1. The van der Waals surface area contributed by atoms with Crippen molar-refractivity contribution in [1.82, 2.24) is 9.80 Å². The van der Waals surface area contributed by atoms with E-state index in [1.54, 1.807) is 0 Å². The molecule has 0 saturated carbocycles. The van der Waals surface area contributed by atoms with Crippen molar-refractivity contribution in [2.75, 3.05) is 19.6 Å². The molecule has 2 heterocycles. The summed E-state index contributed by atoms with van der Waals surface area (Å²) >= 11 is 0. The van der Waals surface area contributed by atoms with E-state index in [0.29, 0.717) is 13.0 Å². The average Bonchev–Trinajstić information content (AvgIpc) is 2.86. The van der Waals surface area contributed by atoms with E-state index in [1.165, 1.54) is 4.90 Å². The number of aliphatic carboxylic acids is 1. The molecule has 0 unspecified atom stereocenters. The van der Waals surface area contributed by atoms with Gasteiger partial charge in [-0.2, -0.15) is 0 Å². The van der Waals surface area contributed by atoms with E-state index in [1.807, 2.05) is 0 Å². The van der Waals surface area contributed by atoms with Crippen LogP contribution in [0, 0.1) is 0 Å². The molecule has 0 aromatic carbocycles. The highest BCUT2D eigenvalue weighted by molar-refractivity contribution is 5.89. The van der Waals surface area contributed by atoms with E-state index in [-0.39, 0.29) is 25.4 Å². The number of likely N-dealkylation sites (tertiary alicyclic amines) is 2. The number of amides is 2. The van der Waals surface area contributed by atoms with Crippen LogP contribution in [0.25, 0.3) is 0 Å². The number of carboxylic acids is 1. The molecule has 2 fully saturated rings. The van der Waals surface area contributed by atoms with Gasteiger partial charge in [-0.1, -0.05) is 0 Å². The van der Waals surface area contributed by atoms with Crippen LogP contribution in [-0.2, 0) is 14.4 Å². The summed E-state index contributed by atoms with van der Waals surface area (Å²) in [5.74, 6) is -1.60. The van der Waals surface area contributed by atoms with E-state index in [2.05, 4.69) is 0 Å². The first kappa shape index (κ1) is 12.8. The van der Waals surface area contributed by atoms with Crippen molar-refractivity contribution >= 4 is 17.8 Å². The Labute approximate surface area is 104 Å². The molecule has 0 aromatic rings. The zero-order valence-electron chi connectivity index (χ0n) is 9.91. The third-order valence-electron chi connectivity index (χ3n) is 3.38. The summed E-state index contributed by atoms with van der Waals surface area (Å²) in [6.07, 6.45) is 0.425. The van der Waals surface area contributed by atoms with Gasteiger partial charge >= 0.3 is 5.97 Å². The molecular formula is C11H16N2O5. The first-order valence-electron chi connectivity index (χ1n) is 5.97. The molecule has 2 saturated heterocycles. The van der Waals surface area contributed by atoms with Gasteiger partial charge in [0.1, 0.15) is 6.04 Å². The van der Waals surface area contributed by atoms with Crippen molar-refractivity contribution in [3.05, 3.63) is 0 Å². The van der Waals surface area contributed by atoms with Gasteiger partial charge in [0.2, 0.25) is 11.8 Å². The lowest BCUT2D eigenvalue weighted by molar-refractivity contribution is -0.149. The maximum absolute atomic E-state index is 12.0. The summed E-state index contributed by atoms with van der Waals surface area (Å²) in [6, 6.07) is -0.981. The number of carboxylic acid groups (broad SMARTS) is 1. The summed E-state index contributed by atoms with van der Waals surface area (Å²) < 4.78 is 0. The number of hydrogen-bond acceptors (Lipinski definition) is 4. The minimum absolute atomic E-state index is 0.0256. The summed E-state index contributed by atoms with van der Waals surface area (Å²) in [5.41, 5.74) is 0. The van der Waals surface area contributed by atoms with Crippen molar-refractivity contribution in [3.63, 3.8) is 0 Å². The van der Waals surface area contributed by atoms with E-state index in [4.69, 9.17) is 5.11 Å². The highest BCUT2D eigenvalue weighted by atomic mass is 16.4. The Morgan fingerprint density at radius 3 is 2.67 bits per heavy atom. The van der Waals surface area contributed by atoms with Gasteiger partial charge in [-0.3, -0.25) is 9.59 Å². The molecule has 2 N–H and O–H groups in total. The van der Waals surface area contributed by atoms with Crippen molar-refractivity contribution in [2.24, 2.45) is 0 Å². The largest absolute Gasteiger partial charge is 0.480 e. The number of hydrogen-bond donors (Lipinski definition) is 2. The van der Waals surface area contributed by atoms with E-state index in [0.717, 1.165) is 11.3 Å². The summed E-state index contributed by atoms with van der Waals surface area (Å²) in [5, 5.41) is 18.4. The Morgan fingerprint density at radius 1 is 1.39 bits per heavy atom. The first-order chi connectivity index (χ1) is 8.49. The second-order valence-corrected chi connectivity index (χ2v) is 4.71. The van der Waals surface area contributed by atoms with Crippen LogP contribution in [0.3, 0.4) is 0 Å². The fraction of sp³-hybridized carbons (Fsp3) is 0.727. The first-order valence-corrected chi connectivity index (χ1v) is 5.97. The van der Waals surface area contributed by atoms with Gasteiger partial charge in [0.25, 0.3) is 0 Å². The third kappa shape index (κ3) is 2.45. The molecule has 2 amide bonds. The van der Waals surface area contributed by atoms with E-state index < -0.39 is 24.0 Å². The molecule has 0 spiro atoms. The van der Waals surface area contributed by atoms with Gasteiger partial charge in [0.05, 0.1) is 12.6 Å². The number of nitrogens with zero attached hydrogens (tertiary/aromatic N) is 2. The lowest BCUT2D eigenvalue weighted by Gasteiger charge is -2.24. The highest BCUT2D eigenvalue weighted by Crippen LogP contribution is 2.19. The highest BCUT2D eigenvalue weighted by Gasteiger charge is 2.39. The van der Waals surface area contributed by atoms with Crippen LogP contribution in [0.5, 0.6) is 0 Å². The van der Waals surface area contributed by atoms with Crippen molar-refractivity contribution < 1.29 is 24.6 Å². The minimum Gasteiger partial charge on any atom is -0.480 e. The van der Waals surface area contributed by atoms with Crippen molar-refractivity contribution in [3.8, 4) is 0 Å². The van der Waals surface area contributed by atoms with Crippen LogP contribution >= 0.6 is 0 Å². The van der Waals surface area contributed by atoms with Crippen LogP contribution in [0.1, 0.15) is 19.3 Å². The molecule has 18 heavy (non-hydrogen) atoms. The Hall–Kier alpha value is -1.63. The maximum atomic E-state index is 12.0. The van der Waals surface area contributed by atoms with Crippen LogP contribution in [0.15, 0.2) is 0 Å². The molecule has 0 bridgehead atoms. The molecule has 0 aromatic heterocycles. The quantitative estimate of drug-likeness (QED) is 0.651. The average molecular weight is 256 g/mol. The molecule has 2 aliphatic rings. The molecule has 0 aliphatic carbocycles. The van der Waals surface area contributed by atoms with Gasteiger partial charge in [-0.05, 0) is 6.42 Å². The zero-order valence-corrected chi connectivity index (χ0v) is 9.91. The monoisotopic (exact) mass is 256 g/mol. The fourth-order valence-electron chi connectivity index (χ4n) is 2.45. The molecule has 7 nitrogen and oxygen atoms in total. The Morgan fingerprint density at radius 2 is 2.11 bits per heavy atom. The van der Waals surface area contributed by atoms with E-state index in [9.17, 15) is 19.5 Å². The molecule has 2 atom stereocenters. The molecule has 2 aliphatic heterocycles. The van der Waals surface area contributed by atoms with Crippen LogP contribution in [0.4, 0.5) is 0 Å². The predicted molar refractivity (Wildman–Crippen MR) is 59.6 cm³/mol. The van der Waals surface area contributed by atoms with Gasteiger partial charge in [0.15, 0.2) is 0 Å². The second kappa shape index (κ2) is 4.93. The Kier molecular flexibility index (Phi) is 3.51. The topological polar surface area (TPSA) is 98.2 Å². The second-order valence-electron chi connectivity index (χ2n) is 4.71. The van der Waals surface area contributed by atoms with Gasteiger partial charge in [-0.25, -0.2) is 4.79 Å². The van der Waals surface area contributed by atoms with Gasteiger partial charge < -0.3 is 20.0 Å². The molecule has 2 rings (SSSR count).